The van der Waals surface area contributed by atoms with Crippen LogP contribution in [-0.2, 0) is 9.47 Å². The first-order chi connectivity index (χ1) is 13.0. The predicted molar refractivity (Wildman–Crippen MR) is 105 cm³/mol. The summed E-state index contributed by atoms with van der Waals surface area (Å²) in [6, 6.07) is 11.0. The lowest BCUT2D eigenvalue weighted by molar-refractivity contribution is -0.230. The molecule has 0 N–H and O–H groups in total. The molecule has 3 nitrogen and oxygen atoms in total. The highest BCUT2D eigenvalue weighted by atomic mass is 16.6. The Labute approximate surface area is 162 Å². The van der Waals surface area contributed by atoms with Gasteiger partial charge in [-0.3, -0.25) is 4.90 Å². The van der Waals surface area contributed by atoms with E-state index < -0.39 is 0 Å². The Morgan fingerprint density at radius 3 is 2.74 bits per heavy atom. The van der Waals surface area contributed by atoms with Gasteiger partial charge in [-0.1, -0.05) is 55.8 Å². The summed E-state index contributed by atoms with van der Waals surface area (Å²) in [5.41, 5.74) is 1.41. The Kier molecular flexibility index (Phi) is 3.39. The highest BCUT2D eigenvalue weighted by Crippen LogP contribution is 2.61. The van der Waals surface area contributed by atoms with Gasteiger partial charge in [-0.2, -0.15) is 0 Å². The second kappa shape index (κ2) is 5.46. The maximum absolute atomic E-state index is 6.95. The fraction of sp³-hybridized carbons (Fsp3) is 0.667. The van der Waals surface area contributed by atoms with Crippen LogP contribution < -0.4 is 0 Å². The summed E-state index contributed by atoms with van der Waals surface area (Å²) in [5, 5.41) is 0. The minimum Gasteiger partial charge on any atom is -0.361 e. The van der Waals surface area contributed by atoms with E-state index in [-0.39, 0.29) is 23.5 Å². The van der Waals surface area contributed by atoms with Gasteiger partial charge >= 0.3 is 0 Å². The summed E-state index contributed by atoms with van der Waals surface area (Å²) in [5.74, 6) is 2.22. The molecule has 3 saturated heterocycles. The van der Waals surface area contributed by atoms with E-state index in [0.717, 1.165) is 12.5 Å². The molecule has 8 atom stereocenters. The Hall–Kier alpha value is -1.16. The summed E-state index contributed by atoms with van der Waals surface area (Å²) < 4.78 is 13.6. The van der Waals surface area contributed by atoms with Crippen molar-refractivity contribution in [2.75, 3.05) is 6.54 Å². The van der Waals surface area contributed by atoms with E-state index in [1.807, 2.05) is 0 Å². The quantitative estimate of drug-likeness (QED) is 0.691. The zero-order chi connectivity index (χ0) is 18.4. The fourth-order valence-electron chi connectivity index (χ4n) is 7.09. The van der Waals surface area contributed by atoms with Crippen LogP contribution in [0.2, 0.25) is 0 Å². The Bertz CT molecular complexity index is 774. The van der Waals surface area contributed by atoms with Crippen LogP contribution in [0.1, 0.15) is 51.5 Å². The number of fused-ring (bicyclic) bond motifs is 4. The molecule has 1 spiro atoms. The van der Waals surface area contributed by atoms with Crippen molar-refractivity contribution >= 4 is 0 Å². The van der Waals surface area contributed by atoms with Gasteiger partial charge in [0, 0.05) is 29.8 Å². The maximum atomic E-state index is 6.95. The molecule has 0 aromatic heterocycles. The Morgan fingerprint density at radius 1 is 1.11 bits per heavy atom. The van der Waals surface area contributed by atoms with Gasteiger partial charge in [-0.25, -0.2) is 0 Å². The molecule has 0 amide bonds. The molecule has 1 aliphatic carbocycles. The molecule has 1 aromatic rings. The molecule has 1 aromatic carbocycles. The van der Waals surface area contributed by atoms with E-state index >= 15 is 0 Å². The summed E-state index contributed by atoms with van der Waals surface area (Å²) in [7, 11) is 0. The largest absolute Gasteiger partial charge is 0.361 e. The molecule has 0 unspecified atom stereocenters. The van der Waals surface area contributed by atoms with Crippen LogP contribution in [0, 0.1) is 17.8 Å². The zero-order valence-corrected chi connectivity index (χ0v) is 16.7. The van der Waals surface area contributed by atoms with Crippen molar-refractivity contribution < 1.29 is 9.47 Å². The lowest BCUT2D eigenvalue weighted by atomic mass is 9.69. The van der Waals surface area contributed by atoms with E-state index in [9.17, 15) is 0 Å². The van der Waals surface area contributed by atoms with Crippen LogP contribution >= 0.6 is 0 Å². The van der Waals surface area contributed by atoms with Gasteiger partial charge in [-0.15, -0.1) is 0 Å². The number of ether oxygens (including phenoxy) is 2. The van der Waals surface area contributed by atoms with Crippen LogP contribution in [0.4, 0.5) is 0 Å². The molecule has 144 valence electrons. The third-order valence-corrected chi connectivity index (χ3v) is 8.46. The van der Waals surface area contributed by atoms with Gasteiger partial charge in [0.1, 0.15) is 11.8 Å². The first-order valence-electron chi connectivity index (χ1n) is 10.8. The van der Waals surface area contributed by atoms with E-state index in [4.69, 9.17) is 9.47 Å². The summed E-state index contributed by atoms with van der Waals surface area (Å²) >= 11 is 0. The maximum Gasteiger partial charge on any atom is 0.118 e. The SMILES string of the molecule is C[C@@H]1CC[C@@H]2[C@@H](C1)O[C@H]1[C@H]3[C@H](c4ccccc4)[C@@H]4C=C[C@@]3(CN1C2(C)C)O4. The number of hydrogen-bond acceptors (Lipinski definition) is 3. The van der Waals surface area contributed by atoms with Gasteiger partial charge in [0.25, 0.3) is 0 Å². The van der Waals surface area contributed by atoms with Gasteiger partial charge in [-0.05, 0) is 38.2 Å². The van der Waals surface area contributed by atoms with Crippen LogP contribution in [0.5, 0.6) is 0 Å². The normalized spacial score (nSPS) is 49.7. The molecule has 2 bridgehead atoms. The Morgan fingerprint density at radius 2 is 1.93 bits per heavy atom. The average Bonchev–Trinajstić information content (AvgIpc) is 3.30. The van der Waals surface area contributed by atoms with Gasteiger partial charge in [0.05, 0.1) is 12.2 Å². The van der Waals surface area contributed by atoms with Gasteiger partial charge in [0.15, 0.2) is 0 Å². The second-order valence-corrected chi connectivity index (χ2v) is 10.2. The molecular weight excluding hydrogens is 334 g/mol. The minimum absolute atomic E-state index is 0.160. The first kappa shape index (κ1) is 16.8. The second-order valence-electron chi connectivity index (χ2n) is 10.2. The predicted octanol–water partition coefficient (Wildman–Crippen LogP) is 4.35. The van der Waals surface area contributed by atoms with Crippen molar-refractivity contribution in [1.29, 1.82) is 0 Å². The van der Waals surface area contributed by atoms with Crippen molar-refractivity contribution in [2.45, 2.75) is 75.5 Å². The molecule has 3 heteroatoms. The van der Waals surface area contributed by atoms with E-state index in [2.05, 4.69) is 68.2 Å². The fourth-order valence-corrected chi connectivity index (χ4v) is 7.09. The molecule has 5 aliphatic rings. The van der Waals surface area contributed by atoms with Gasteiger partial charge in [0.2, 0.25) is 0 Å². The summed E-state index contributed by atoms with van der Waals surface area (Å²) in [6.07, 6.45) is 9.31. The summed E-state index contributed by atoms with van der Waals surface area (Å²) in [4.78, 5) is 2.66. The number of rotatable bonds is 1. The lowest BCUT2D eigenvalue weighted by Gasteiger charge is -2.56. The number of benzene rings is 1. The smallest absolute Gasteiger partial charge is 0.118 e. The van der Waals surface area contributed by atoms with Crippen LogP contribution in [0.15, 0.2) is 42.5 Å². The topological polar surface area (TPSA) is 21.7 Å². The number of nitrogens with zero attached hydrogens (tertiary/aromatic N) is 1. The number of hydrogen-bond donors (Lipinski definition) is 0. The van der Waals surface area contributed by atoms with Crippen LogP contribution in [0.3, 0.4) is 0 Å². The standard InChI is InChI=1S/C24H31NO2/c1-15-9-10-17-19(13-15)26-22-21-20(16-7-5-4-6-8-16)18-11-12-24(21,27-18)14-25(22)23(17,2)3/h4-8,11-12,15,17-22H,9-10,13-14H2,1-3H3/t15-,17-,18+,19-,20-,21-,22+,24+/m1/s1. The molecule has 6 rings (SSSR count). The highest BCUT2D eigenvalue weighted by molar-refractivity contribution is 5.37. The molecule has 4 fully saturated rings. The molecular formula is C24H31NO2. The van der Waals surface area contributed by atoms with E-state index in [1.54, 1.807) is 0 Å². The van der Waals surface area contributed by atoms with Crippen molar-refractivity contribution in [1.82, 2.24) is 4.90 Å². The van der Waals surface area contributed by atoms with Crippen molar-refractivity contribution in [3.8, 4) is 0 Å². The molecule has 4 aliphatic heterocycles. The van der Waals surface area contributed by atoms with Crippen LogP contribution in [0.25, 0.3) is 0 Å². The summed E-state index contributed by atoms with van der Waals surface area (Å²) in [6.45, 7) is 8.29. The minimum atomic E-state index is -0.160. The molecule has 4 heterocycles. The van der Waals surface area contributed by atoms with Crippen LogP contribution in [-0.4, -0.2) is 41.0 Å². The Balaban J connectivity index is 1.42. The van der Waals surface area contributed by atoms with Crippen molar-refractivity contribution in [3.63, 3.8) is 0 Å². The van der Waals surface area contributed by atoms with E-state index in [1.165, 1.54) is 24.8 Å². The third-order valence-electron chi connectivity index (χ3n) is 8.46. The zero-order valence-electron chi connectivity index (χ0n) is 16.7. The van der Waals surface area contributed by atoms with Crippen molar-refractivity contribution in [3.05, 3.63) is 48.0 Å². The monoisotopic (exact) mass is 365 g/mol. The third kappa shape index (κ3) is 2.14. The lowest BCUT2D eigenvalue weighted by Crippen LogP contribution is -2.63. The first-order valence-corrected chi connectivity index (χ1v) is 10.8. The molecule has 27 heavy (non-hydrogen) atoms. The molecule has 0 radical (unpaired) electrons. The molecule has 1 saturated carbocycles. The van der Waals surface area contributed by atoms with Crippen molar-refractivity contribution in [2.24, 2.45) is 17.8 Å². The van der Waals surface area contributed by atoms with E-state index in [0.29, 0.717) is 23.9 Å². The highest BCUT2D eigenvalue weighted by Gasteiger charge is 2.69. The average molecular weight is 366 g/mol. The van der Waals surface area contributed by atoms with Gasteiger partial charge < -0.3 is 9.47 Å².